The number of carbonyl (C=O) groups is 1. The first-order valence-corrected chi connectivity index (χ1v) is 7.19. The van der Waals surface area contributed by atoms with E-state index in [9.17, 15) is 31.1 Å². The molecule has 0 N–H and O–H groups in total. The number of hydrogen-bond acceptors (Lipinski definition) is 3. The Hall–Kier alpha value is -2.71. The van der Waals surface area contributed by atoms with Crippen LogP contribution in [0.25, 0.3) is 0 Å². The number of halogens is 6. The summed E-state index contributed by atoms with van der Waals surface area (Å²) in [5, 5.41) is 0. The summed E-state index contributed by atoms with van der Waals surface area (Å²) in [4.78, 5) is 11.7. The predicted molar refractivity (Wildman–Crippen MR) is 78.9 cm³/mol. The van der Waals surface area contributed by atoms with Gasteiger partial charge in [0.15, 0.2) is 13.2 Å². The van der Waals surface area contributed by atoms with Crippen molar-refractivity contribution >= 4 is 5.78 Å². The number of ether oxygens (including phenoxy) is 2. The largest absolute Gasteiger partial charge is 0.485 e. The van der Waals surface area contributed by atoms with Crippen LogP contribution in [0.4, 0.5) is 26.3 Å². The topological polar surface area (TPSA) is 35.5 Å². The number of para-hydroxylation sites is 2. The van der Waals surface area contributed by atoms with Gasteiger partial charge < -0.3 is 9.47 Å². The zero-order chi connectivity index (χ0) is 19.4. The van der Waals surface area contributed by atoms with E-state index in [0.29, 0.717) is 0 Å². The SMILES string of the molecule is O=C(COc1ccccc1C(F)(F)F)COc1ccccc1C(F)(F)F. The molecule has 0 fully saturated rings. The zero-order valence-electron chi connectivity index (χ0n) is 13.0. The lowest BCUT2D eigenvalue weighted by atomic mass is 10.2. The van der Waals surface area contributed by atoms with Crippen LogP contribution in [-0.2, 0) is 17.1 Å². The Morgan fingerprint density at radius 2 is 1.04 bits per heavy atom. The van der Waals surface area contributed by atoms with Gasteiger partial charge in [0.25, 0.3) is 0 Å². The average molecular weight is 378 g/mol. The number of hydrogen-bond donors (Lipinski definition) is 0. The highest BCUT2D eigenvalue weighted by Gasteiger charge is 2.35. The summed E-state index contributed by atoms with van der Waals surface area (Å²) in [6, 6.07) is 8.57. The summed E-state index contributed by atoms with van der Waals surface area (Å²) >= 11 is 0. The molecule has 0 aliphatic rings. The third kappa shape index (κ3) is 5.14. The fourth-order valence-corrected chi connectivity index (χ4v) is 2.01. The number of rotatable bonds is 6. The van der Waals surface area contributed by atoms with E-state index in [-0.39, 0.29) is 0 Å². The lowest BCUT2D eigenvalue weighted by molar-refractivity contribution is -0.139. The lowest BCUT2D eigenvalue weighted by Gasteiger charge is -2.14. The van der Waals surface area contributed by atoms with Gasteiger partial charge in [-0.2, -0.15) is 26.3 Å². The van der Waals surface area contributed by atoms with Crippen LogP contribution in [0.1, 0.15) is 11.1 Å². The smallest absolute Gasteiger partial charge is 0.419 e. The van der Waals surface area contributed by atoms with Gasteiger partial charge in [-0.1, -0.05) is 24.3 Å². The van der Waals surface area contributed by atoms with Gasteiger partial charge in [0, 0.05) is 0 Å². The molecule has 0 radical (unpaired) electrons. The second kappa shape index (κ2) is 7.67. The number of carbonyl (C=O) groups excluding carboxylic acids is 1. The Labute approximate surface area is 144 Å². The van der Waals surface area contributed by atoms with Crippen molar-refractivity contribution in [3.63, 3.8) is 0 Å². The molecule has 0 aliphatic heterocycles. The van der Waals surface area contributed by atoms with Crippen molar-refractivity contribution in [1.82, 2.24) is 0 Å². The highest BCUT2D eigenvalue weighted by molar-refractivity contribution is 5.81. The maximum absolute atomic E-state index is 12.8. The molecule has 26 heavy (non-hydrogen) atoms. The highest BCUT2D eigenvalue weighted by Crippen LogP contribution is 2.36. The van der Waals surface area contributed by atoms with Crippen LogP contribution >= 0.6 is 0 Å². The minimum atomic E-state index is -4.66. The summed E-state index contributed by atoms with van der Waals surface area (Å²) in [6.45, 7) is -1.55. The van der Waals surface area contributed by atoms with E-state index in [1.165, 1.54) is 12.1 Å². The monoisotopic (exact) mass is 378 g/mol. The molecular formula is C17H12F6O3. The van der Waals surface area contributed by atoms with E-state index >= 15 is 0 Å². The first-order valence-electron chi connectivity index (χ1n) is 7.19. The van der Waals surface area contributed by atoms with Crippen molar-refractivity contribution < 1.29 is 40.6 Å². The third-order valence-electron chi connectivity index (χ3n) is 3.16. The maximum Gasteiger partial charge on any atom is 0.419 e. The molecule has 2 rings (SSSR count). The molecule has 0 saturated carbocycles. The van der Waals surface area contributed by atoms with Gasteiger partial charge in [0.2, 0.25) is 5.78 Å². The van der Waals surface area contributed by atoms with Crippen LogP contribution in [0, 0.1) is 0 Å². The number of ketones is 1. The van der Waals surface area contributed by atoms with Crippen LogP contribution in [0.5, 0.6) is 11.5 Å². The van der Waals surface area contributed by atoms with Gasteiger partial charge in [0.05, 0.1) is 11.1 Å². The molecule has 2 aromatic rings. The number of Topliss-reactive ketones (excluding diaryl/α,β-unsaturated/α-hetero) is 1. The van der Waals surface area contributed by atoms with Crippen LogP contribution in [0.3, 0.4) is 0 Å². The molecule has 9 heteroatoms. The fraction of sp³-hybridized carbons (Fsp3) is 0.235. The van der Waals surface area contributed by atoms with Crippen molar-refractivity contribution in [1.29, 1.82) is 0 Å². The molecule has 3 nitrogen and oxygen atoms in total. The van der Waals surface area contributed by atoms with Crippen LogP contribution in [0.2, 0.25) is 0 Å². The van der Waals surface area contributed by atoms with Crippen LogP contribution < -0.4 is 9.47 Å². The van der Waals surface area contributed by atoms with Gasteiger partial charge in [-0.3, -0.25) is 4.79 Å². The van der Waals surface area contributed by atoms with E-state index in [0.717, 1.165) is 36.4 Å². The van der Waals surface area contributed by atoms with Crippen LogP contribution in [-0.4, -0.2) is 19.0 Å². The minimum absolute atomic E-state index is 0.552. The molecule has 140 valence electrons. The predicted octanol–water partition coefficient (Wildman–Crippen LogP) is 4.75. The first-order chi connectivity index (χ1) is 12.1. The molecule has 0 aromatic heterocycles. The van der Waals surface area contributed by atoms with Gasteiger partial charge >= 0.3 is 12.4 Å². The Morgan fingerprint density at radius 1 is 0.692 bits per heavy atom. The maximum atomic E-state index is 12.8. The van der Waals surface area contributed by atoms with Crippen LogP contribution in [0.15, 0.2) is 48.5 Å². The Bertz CT molecular complexity index is 704. The third-order valence-corrected chi connectivity index (χ3v) is 3.16. The Balaban J connectivity index is 1.98. The van der Waals surface area contributed by atoms with E-state index in [2.05, 4.69) is 0 Å². The molecular weight excluding hydrogens is 366 g/mol. The number of alkyl halides is 6. The summed E-state index contributed by atoms with van der Waals surface area (Å²) < 4.78 is 86.5. The lowest BCUT2D eigenvalue weighted by Crippen LogP contribution is -2.21. The number of benzene rings is 2. The summed E-state index contributed by atoms with van der Waals surface area (Å²) in [5.41, 5.74) is -2.12. The molecule has 0 saturated heterocycles. The van der Waals surface area contributed by atoms with Crippen molar-refractivity contribution in [2.24, 2.45) is 0 Å². The standard InChI is InChI=1S/C17H12F6O3/c18-16(19,20)12-5-1-3-7-14(12)25-9-11(24)10-26-15-8-4-2-6-13(15)17(21,22)23/h1-8H,9-10H2. The second-order valence-electron chi connectivity index (χ2n) is 5.10. The minimum Gasteiger partial charge on any atom is -0.485 e. The van der Waals surface area contributed by atoms with Gasteiger partial charge in [0.1, 0.15) is 11.5 Å². The molecule has 0 atom stereocenters. The van der Waals surface area contributed by atoms with Gasteiger partial charge in [-0.15, -0.1) is 0 Å². The van der Waals surface area contributed by atoms with Crippen molar-refractivity contribution in [3.05, 3.63) is 59.7 Å². The fourth-order valence-electron chi connectivity index (χ4n) is 2.01. The van der Waals surface area contributed by atoms with E-state index < -0.39 is 54.0 Å². The molecule has 2 aromatic carbocycles. The van der Waals surface area contributed by atoms with E-state index in [1.807, 2.05) is 0 Å². The zero-order valence-corrected chi connectivity index (χ0v) is 13.0. The first kappa shape index (κ1) is 19.6. The summed E-state index contributed by atoms with van der Waals surface area (Å²) in [6.07, 6.45) is -9.33. The molecule has 0 aliphatic carbocycles. The average Bonchev–Trinajstić information content (AvgIpc) is 2.57. The Morgan fingerprint density at radius 3 is 1.38 bits per heavy atom. The van der Waals surface area contributed by atoms with E-state index in [1.54, 1.807) is 0 Å². The van der Waals surface area contributed by atoms with Crippen molar-refractivity contribution in [2.45, 2.75) is 12.4 Å². The summed E-state index contributed by atoms with van der Waals surface area (Å²) in [5.74, 6) is -1.92. The normalized spacial score (nSPS) is 11.9. The Kier molecular flexibility index (Phi) is 5.79. The highest BCUT2D eigenvalue weighted by atomic mass is 19.4. The van der Waals surface area contributed by atoms with Gasteiger partial charge in [-0.25, -0.2) is 0 Å². The molecule has 0 unspecified atom stereocenters. The quantitative estimate of drug-likeness (QED) is 0.681. The molecule has 0 spiro atoms. The molecule has 0 heterocycles. The van der Waals surface area contributed by atoms with Crippen molar-refractivity contribution in [2.75, 3.05) is 13.2 Å². The van der Waals surface area contributed by atoms with E-state index in [4.69, 9.17) is 9.47 Å². The van der Waals surface area contributed by atoms with Gasteiger partial charge in [-0.05, 0) is 24.3 Å². The van der Waals surface area contributed by atoms with Crippen molar-refractivity contribution in [3.8, 4) is 11.5 Å². The molecule has 0 bridgehead atoms. The second-order valence-corrected chi connectivity index (χ2v) is 5.10. The molecule has 0 amide bonds. The summed E-state index contributed by atoms with van der Waals surface area (Å²) in [7, 11) is 0.